The Morgan fingerprint density at radius 1 is 1.06 bits per heavy atom. The molecule has 4 rings (SSSR count). The van der Waals surface area contributed by atoms with Crippen LogP contribution < -0.4 is 5.32 Å². The molecule has 0 atom stereocenters. The van der Waals surface area contributed by atoms with Crippen molar-refractivity contribution in [2.75, 3.05) is 26.2 Å². The van der Waals surface area contributed by atoms with Gasteiger partial charge in [-0.3, -0.25) is 4.90 Å². The van der Waals surface area contributed by atoms with E-state index in [1.54, 1.807) is 6.07 Å². The van der Waals surface area contributed by atoms with E-state index in [9.17, 15) is 15.3 Å². The van der Waals surface area contributed by atoms with Crippen LogP contribution in [0.1, 0.15) is 36.6 Å². The third kappa shape index (κ3) is 4.44. The van der Waals surface area contributed by atoms with Gasteiger partial charge >= 0.3 is 0 Å². The second-order valence-corrected chi connectivity index (χ2v) is 8.30. The summed E-state index contributed by atoms with van der Waals surface area (Å²) < 4.78 is 5.57. The van der Waals surface area contributed by atoms with Crippen molar-refractivity contribution in [1.82, 2.24) is 15.4 Å². The Kier molecular flexibility index (Phi) is 6.27. The lowest BCUT2D eigenvalue weighted by Crippen LogP contribution is -2.42. The molecule has 3 aromatic rings. The number of phenols is 2. The number of hydrogen-bond acceptors (Lipinski definition) is 7. The van der Waals surface area contributed by atoms with Crippen LogP contribution in [0.15, 0.2) is 40.9 Å². The molecule has 2 heterocycles. The summed E-state index contributed by atoms with van der Waals surface area (Å²) in [6.07, 6.45) is 0. The lowest BCUT2D eigenvalue weighted by atomic mass is 9.94. The first-order valence-electron chi connectivity index (χ1n) is 10.7. The van der Waals surface area contributed by atoms with Crippen LogP contribution in [0.4, 0.5) is 0 Å². The van der Waals surface area contributed by atoms with Crippen molar-refractivity contribution in [3.63, 3.8) is 0 Å². The minimum Gasteiger partial charge on any atom is -0.508 e. The lowest BCUT2D eigenvalue weighted by molar-refractivity contribution is 0.233. The summed E-state index contributed by atoms with van der Waals surface area (Å²) in [5.41, 5.74) is 4.25. The Bertz CT molecular complexity index is 1040. The molecule has 1 aliphatic rings. The van der Waals surface area contributed by atoms with Gasteiger partial charge in [-0.1, -0.05) is 43.3 Å². The molecular formula is C24H29N3O4. The van der Waals surface area contributed by atoms with Crippen LogP contribution in [-0.4, -0.2) is 51.6 Å². The lowest BCUT2D eigenvalue weighted by Gasteiger charge is -2.27. The Labute approximate surface area is 181 Å². The molecule has 4 N–H and O–H groups in total. The quantitative estimate of drug-likeness (QED) is 0.482. The van der Waals surface area contributed by atoms with Crippen molar-refractivity contribution in [2.45, 2.75) is 32.9 Å². The Hall–Kier alpha value is -2.87. The highest BCUT2D eigenvalue weighted by atomic mass is 16.5. The number of aromatic nitrogens is 1. The monoisotopic (exact) mass is 423 g/mol. The van der Waals surface area contributed by atoms with E-state index >= 15 is 0 Å². The topological polar surface area (TPSA) is 102 Å². The number of hydrogen-bond donors (Lipinski definition) is 4. The maximum atomic E-state index is 10.5. The fourth-order valence-electron chi connectivity index (χ4n) is 4.06. The minimum atomic E-state index is -0.281. The largest absolute Gasteiger partial charge is 0.508 e. The van der Waals surface area contributed by atoms with Crippen LogP contribution in [0.5, 0.6) is 11.5 Å². The van der Waals surface area contributed by atoms with E-state index in [0.29, 0.717) is 28.1 Å². The zero-order valence-electron chi connectivity index (χ0n) is 17.9. The summed E-state index contributed by atoms with van der Waals surface area (Å²) in [6.45, 7) is 8.63. The van der Waals surface area contributed by atoms with Crippen molar-refractivity contribution in [3.8, 4) is 33.9 Å². The number of nitrogens with one attached hydrogen (secondary N) is 1. The van der Waals surface area contributed by atoms with Crippen molar-refractivity contribution >= 4 is 0 Å². The summed E-state index contributed by atoms with van der Waals surface area (Å²) in [7, 11) is 0. The number of piperazine rings is 1. The molecule has 164 valence electrons. The molecule has 0 amide bonds. The molecule has 1 fully saturated rings. The number of phenolic OH excluding ortho intramolecular Hbond substituents is 2. The van der Waals surface area contributed by atoms with Crippen LogP contribution >= 0.6 is 0 Å². The van der Waals surface area contributed by atoms with Gasteiger partial charge < -0.3 is 25.2 Å². The van der Waals surface area contributed by atoms with Crippen molar-refractivity contribution in [2.24, 2.45) is 0 Å². The van der Waals surface area contributed by atoms with Gasteiger partial charge in [-0.15, -0.1) is 0 Å². The van der Waals surface area contributed by atoms with E-state index in [1.165, 1.54) is 11.6 Å². The molecule has 7 nitrogen and oxygen atoms in total. The molecule has 1 aromatic heterocycles. The number of aliphatic hydroxyl groups is 1. The van der Waals surface area contributed by atoms with Crippen LogP contribution in [0.25, 0.3) is 22.5 Å². The smallest absolute Gasteiger partial charge is 0.178 e. The first-order chi connectivity index (χ1) is 15.0. The van der Waals surface area contributed by atoms with Crippen molar-refractivity contribution in [3.05, 3.63) is 53.2 Å². The highest BCUT2D eigenvalue weighted by Gasteiger charge is 2.23. The molecular weight excluding hydrogens is 394 g/mol. The van der Waals surface area contributed by atoms with Gasteiger partial charge in [0.15, 0.2) is 5.76 Å². The second-order valence-electron chi connectivity index (χ2n) is 8.30. The predicted octanol–water partition coefficient (Wildman–Crippen LogP) is 3.44. The van der Waals surface area contributed by atoms with E-state index in [0.717, 1.165) is 38.3 Å². The van der Waals surface area contributed by atoms with Gasteiger partial charge in [-0.05, 0) is 28.7 Å². The van der Waals surface area contributed by atoms with Gasteiger partial charge in [0, 0.05) is 38.8 Å². The van der Waals surface area contributed by atoms with Gasteiger partial charge in [0.2, 0.25) is 0 Å². The van der Waals surface area contributed by atoms with Crippen LogP contribution in [0.2, 0.25) is 0 Å². The molecule has 0 saturated carbocycles. The highest BCUT2D eigenvalue weighted by molar-refractivity contribution is 5.84. The third-order valence-electron chi connectivity index (χ3n) is 5.78. The molecule has 0 radical (unpaired) electrons. The Morgan fingerprint density at radius 3 is 2.42 bits per heavy atom. The van der Waals surface area contributed by atoms with Crippen LogP contribution in [0.3, 0.4) is 0 Å². The summed E-state index contributed by atoms with van der Waals surface area (Å²) >= 11 is 0. The summed E-state index contributed by atoms with van der Waals surface area (Å²) in [6, 6.07) is 11.2. The molecule has 0 unspecified atom stereocenters. The van der Waals surface area contributed by atoms with Crippen LogP contribution in [-0.2, 0) is 13.2 Å². The number of nitrogens with zero attached hydrogens (tertiary/aromatic N) is 2. The Morgan fingerprint density at radius 2 is 1.77 bits per heavy atom. The van der Waals surface area contributed by atoms with Gasteiger partial charge in [-0.25, -0.2) is 0 Å². The SMILES string of the molecule is CC(C)c1cc(-c2onc(CO)c2-c2ccc(CN3CCNCC3)cc2)c(O)cc1O. The van der Waals surface area contributed by atoms with E-state index < -0.39 is 0 Å². The fourth-order valence-corrected chi connectivity index (χ4v) is 4.06. The zero-order valence-corrected chi connectivity index (χ0v) is 17.9. The van der Waals surface area contributed by atoms with E-state index in [4.69, 9.17) is 4.52 Å². The standard InChI is InChI=1S/C24H29N3O4/c1-15(2)18-11-19(22(30)12-21(18)29)24-23(20(14-28)26-31-24)17-5-3-16(4-6-17)13-27-9-7-25-8-10-27/h3-6,11-12,15,25,28-30H,7-10,13-14H2,1-2H3. The molecule has 0 aliphatic carbocycles. The van der Waals surface area contributed by atoms with Crippen molar-refractivity contribution in [1.29, 1.82) is 0 Å². The van der Waals surface area contributed by atoms with Crippen LogP contribution in [0, 0.1) is 0 Å². The number of rotatable bonds is 6. The Balaban J connectivity index is 1.70. The van der Waals surface area contributed by atoms with E-state index in [2.05, 4.69) is 27.5 Å². The molecule has 7 heteroatoms. The summed E-state index contributed by atoms with van der Waals surface area (Å²) in [4.78, 5) is 2.41. The van der Waals surface area contributed by atoms with Gasteiger partial charge in [0.05, 0.1) is 17.7 Å². The first-order valence-corrected chi connectivity index (χ1v) is 10.7. The molecule has 2 aromatic carbocycles. The van der Waals surface area contributed by atoms with Gasteiger partial charge in [-0.2, -0.15) is 0 Å². The number of aromatic hydroxyl groups is 2. The highest BCUT2D eigenvalue weighted by Crippen LogP contribution is 2.43. The summed E-state index contributed by atoms with van der Waals surface area (Å²) in [5.74, 6) is 0.377. The first kappa shape index (κ1) is 21.4. The van der Waals surface area contributed by atoms with Gasteiger partial charge in [0.1, 0.15) is 17.2 Å². The predicted molar refractivity (Wildman–Crippen MR) is 119 cm³/mol. The summed E-state index contributed by atoms with van der Waals surface area (Å²) in [5, 5.41) is 37.9. The maximum Gasteiger partial charge on any atom is 0.178 e. The average Bonchev–Trinajstić information content (AvgIpc) is 3.18. The molecule has 1 saturated heterocycles. The normalized spacial score (nSPS) is 15.0. The average molecular weight is 424 g/mol. The minimum absolute atomic E-state index is 0.0389. The van der Waals surface area contributed by atoms with Gasteiger partial charge in [0.25, 0.3) is 0 Å². The molecule has 1 aliphatic heterocycles. The van der Waals surface area contributed by atoms with Crippen molar-refractivity contribution < 1.29 is 19.8 Å². The second kappa shape index (κ2) is 9.09. The fraction of sp³-hybridized carbons (Fsp3) is 0.375. The zero-order chi connectivity index (χ0) is 22.0. The maximum absolute atomic E-state index is 10.5. The molecule has 0 spiro atoms. The third-order valence-corrected chi connectivity index (χ3v) is 5.78. The van der Waals surface area contributed by atoms with E-state index in [1.807, 2.05) is 26.0 Å². The molecule has 0 bridgehead atoms. The number of benzene rings is 2. The number of aliphatic hydroxyl groups excluding tert-OH is 1. The van der Waals surface area contributed by atoms with E-state index in [-0.39, 0.29) is 24.0 Å². The molecule has 31 heavy (non-hydrogen) atoms.